The first-order chi connectivity index (χ1) is 5.77. The van der Waals surface area contributed by atoms with Gasteiger partial charge in [-0.15, -0.1) is 0 Å². The molecule has 0 atom stereocenters. The van der Waals surface area contributed by atoms with Crippen LogP contribution in [0.25, 0.3) is 0 Å². The third-order valence-corrected chi connectivity index (χ3v) is 2.03. The van der Waals surface area contributed by atoms with Crippen LogP contribution >= 0.6 is 0 Å². The number of fused-ring (bicyclic) bond motifs is 1. The van der Waals surface area contributed by atoms with Crippen molar-refractivity contribution in [3.63, 3.8) is 0 Å². The van der Waals surface area contributed by atoms with Gasteiger partial charge in [0.15, 0.2) is 0 Å². The molecule has 3 nitrogen and oxygen atoms in total. The van der Waals surface area contributed by atoms with Crippen LogP contribution < -0.4 is 5.73 Å². The summed E-state index contributed by atoms with van der Waals surface area (Å²) >= 11 is 0. The van der Waals surface area contributed by atoms with Gasteiger partial charge in [-0.3, -0.25) is 5.41 Å². The van der Waals surface area contributed by atoms with Crippen LogP contribution in [0.5, 0.6) is 0 Å². The van der Waals surface area contributed by atoms with Crippen molar-refractivity contribution >= 4 is 5.84 Å². The van der Waals surface area contributed by atoms with Gasteiger partial charge in [-0.2, -0.15) is 0 Å². The molecular formula is C9H10N2O. The fraction of sp³-hybridized carbons (Fsp3) is 0.222. The number of amidine groups is 1. The van der Waals surface area contributed by atoms with Crippen molar-refractivity contribution in [2.45, 2.75) is 13.2 Å². The molecule has 0 fully saturated rings. The van der Waals surface area contributed by atoms with Crippen LogP contribution in [0.4, 0.5) is 0 Å². The predicted octanol–water partition coefficient (Wildman–Crippen LogP) is 1.00. The van der Waals surface area contributed by atoms with Gasteiger partial charge in [0.2, 0.25) is 0 Å². The second-order valence-electron chi connectivity index (χ2n) is 2.89. The Labute approximate surface area is 70.7 Å². The van der Waals surface area contributed by atoms with Gasteiger partial charge < -0.3 is 10.5 Å². The lowest BCUT2D eigenvalue weighted by molar-refractivity contribution is 0.134. The Bertz CT molecular complexity index is 333. The molecule has 0 aromatic heterocycles. The zero-order valence-electron chi connectivity index (χ0n) is 6.63. The van der Waals surface area contributed by atoms with Crippen molar-refractivity contribution in [1.29, 1.82) is 5.41 Å². The lowest BCUT2D eigenvalue weighted by Crippen LogP contribution is -2.11. The van der Waals surface area contributed by atoms with Gasteiger partial charge in [-0.25, -0.2) is 0 Å². The topological polar surface area (TPSA) is 59.1 Å². The first-order valence-electron chi connectivity index (χ1n) is 3.81. The molecule has 0 saturated heterocycles. The van der Waals surface area contributed by atoms with Gasteiger partial charge in [0.05, 0.1) is 13.2 Å². The number of hydrogen-bond acceptors (Lipinski definition) is 2. The Kier molecular flexibility index (Phi) is 1.59. The van der Waals surface area contributed by atoms with Gasteiger partial charge in [-0.1, -0.05) is 12.1 Å². The van der Waals surface area contributed by atoms with E-state index in [1.54, 1.807) is 0 Å². The molecule has 0 spiro atoms. The molecule has 1 heterocycles. The van der Waals surface area contributed by atoms with Crippen molar-refractivity contribution in [1.82, 2.24) is 0 Å². The Morgan fingerprint density at radius 1 is 1.33 bits per heavy atom. The summed E-state index contributed by atoms with van der Waals surface area (Å²) in [5.41, 5.74) is 8.49. The molecule has 0 radical (unpaired) electrons. The summed E-state index contributed by atoms with van der Waals surface area (Å²) in [5, 5.41) is 7.24. The van der Waals surface area contributed by atoms with Crippen LogP contribution in [0.2, 0.25) is 0 Å². The van der Waals surface area contributed by atoms with Crippen LogP contribution in [-0.4, -0.2) is 5.84 Å². The summed E-state index contributed by atoms with van der Waals surface area (Å²) in [6, 6.07) is 5.75. The Morgan fingerprint density at radius 3 is 2.83 bits per heavy atom. The Hall–Kier alpha value is -1.35. The third-order valence-electron chi connectivity index (χ3n) is 2.03. The molecule has 0 bridgehead atoms. The van der Waals surface area contributed by atoms with Gasteiger partial charge in [0.1, 0.15) is 5.84 Å². The van der Waals surface area contributed by atoms with Crippen LogP contribution in [-0.2, 0) is 18.0 Å². The first kappa shape index (κ1) is 7.31. The quantitative estimate of drug-likeness (QED) is 0.478. The average molecular weight is 162 g/mol. The fourth-order valence-corrected chi connectivity index (χ4v) is 1.34. The summed E-state index contributed by atoms with van der Waals surface area (Å²) in [5.74, 6) is 0.115. The number of benzene rings is 1. The molecule has 2 rings (SSSR count). The van der Waals surface area contributed by atoms with Crippen molar-refractivity contribution in [2.75, 3.05) is 0 Å². The number of rotatable bonds is 1. The second kappa shape index (κ2) is 2.60. The van der Waals surface area contributed by atoms with E-state index < -0.39 is 0 Å². The summed E-state index contributed by atoms with van der Waals surface area (Å²) in [6.45, 7) is 1.34. The molecule has 0 unspecified atom stereocenters. The largest absolute Gasteiger partial charge is 0.384 e. The van der Waals surface area contributed by atoms with Crippen molar-refractivity contribution in [2.24, 2.45) is 5.73 Å². The summed E-state index contributed by atoms with van der Waals surface area (Å²) in [6.07, 6.45) is 0. The molecule has 1 aromatic rings. The standard InChI is InChI=1S/C9H10N2O/c10-9(11)6-1-2-7-4-12-5-8(7)3-6/h1-3H,4-5H2,(H3,10,11). The molecule has 0 amide bonds. The van der Waals surface area contributed by atoms with E-state index in [4.69, 9.17) is 15.9 Å². The van der Waals surface area contributed by atoms with Crippen LogP contribution in [0, 0.1) is 5.41 Å². The second-order valence-corrected chi connectivity index (χ2v) is 2.89. The molecule has 1 aliphatic rings. The van der Waals surface area contributed by atoms with E-state index in [2.05, 4.69) is 0 Å². The van der Waals surface area contributed by atoms with Gasteiger partial charge >= 0.3 is 0 Å². The molecule has 1 aromatic carbocycles. The maximum atomic E-state index is 7.24. The van der Waals surface area contributed by atoms with Crippen molar-refractivity contribution in [3.05, 3.63) is 34.9 Å². The number of hydrogen-bond donors (Lipinski definition) is 2. The minimum Gasteiger partial charge on any atom is -0.384 e. The summed E-state index contributed by atoms with van der Waals surface area (Å²) in [4.78, 5) is 0. The molecule has 0 saturated carbocycles. The highest BCUT2D eigenvalue weighted by molar-refractivity contribution is 5.95. The van der Waals surface area contributed by atoms with Crippen LogP contribution in [0.3, 0.4) is 0 Å². The fourth-order valence-electron chi connectivity index (χ4n) is 1.34. The molecule has 3 N–H and O–H groups in total. The Morgan fingerprint density at radius 2 is 2.08 bits per heavy atom. The van der Waals surface area contributed by atoms with Crippen molar-refractivity contribution in [3.8, 4) is 0 Å². The van der Waals surface area contributed by atoms with E-state index in [1.807, 2.05) is 18.2 Å². The SMILES string of the molecule is N=C(N)c1ccc2c(c1)COC2. The van der Waals surface area contributed by atoms with E-state index >= 15 is 0 Å². The number of nitrogens with two attached hydrogens (primary N) is 1. The minimum atomic E-state index is 0.115. The molecular weight excluding hydrogens is 152 g/mol. The molecule has 3 heteroatoms. The monoisotopic (exact) mass is 162 g/mol. The summed E-state index contributed by atoms with van der Waals surface area (Å²) in [7, 11) is 0. The van der Waals surface area contributed by atoms with Gasteiger partial charge in [0, 0.05) is 5.56 Å². The van der Waals surface area contributed by atoms with Crippen LogP contribution in [0.15, 0.2) is 18.2 Å². The highest BCUT2D eigenvalue weighted by atomic mass is 16.5. The lowest BCUT2D eigenvalue weighted by atomic mass is 10.1. The molecule has 12 heavy (non-hydrogen) atoms. The number of nitrogens with one attached hydrogen (secondary N) is 1. The van der Waals surface area contributed by atoms with Gasteiger partial charge in [-0.05, 0) is 17.2 Å². The first-order valence-corrected chi connectivity index (χ1v) is 3.81. The van der Waals surface area contributed by atoms with Crippen LogP contribution in [0.1, 0.15) is 16.7 Å². The average Bonchev–Trinajstić information content (AvgIpc) is 2.49. The number of ether oxygens (including phenoxy) is 1. The highest BCUT2D eigenvalue weighted by Crippen LogP contribution is 2.20. The highest BCUT2D eigenvalue weighted by Gasteiger charge is 2.11. The van der Waals surface area contributed by atoms with Crippen molar-refractivity contribution < 1.29 is 4.74 Å². The predicted molar refractivity (Wildman–Crippen MR) is 46.0 cm³/mol. The smallest absolute Gasteiger partial charge is 0.122 e. The third kappa shape index (κ3) is 1.08. The Balaban J connectivity index is 2.45. The minimum absolute atomic E-state index is 0.115. The van der Waals surface area contributed by atoms with E-state index in [9.17, 15) is 0 Å². The maximum absolute atomic E-state index is 7.24. The summed E-state index contributed by atoms with van der Waals surface area (Å²) < 4.78 is 5.24. The molecule has 1 aliphatic heterocycles. The zero-order valence-corrected chi connectivity index (χ0v) is 6.63. The number of nitrogen functional groups attached to an aromatic ring is 1. The zero-order chi connectivity index (χ0) is 8.55. The maximum Gasteiger partial charge on any atom is 0.122 e. The van der Waals surface area contributed by atoms with E-state index in [0.29, 0.717) is 13.2 Å². The van der Waals surface area contributed by atoms with E-state index in [-0.39, 0.29) is 5.84 Å². The van der Waals surface area contributed by atoms with E-state index in [1.165, 1.54) is 5.56 Å². The molecule has 0 aliphatic carbocycles. The lowest BCUT2D eigenvalue weighted by Gasteiger charge is -2.00. The normalized spacial score (nSPS) is 14.3. The molecule has 62 valence electrons. The van der Waals surface area contributed by atoms with E-state index in [0.717, 1.165) is 11.1 Å². The van der Waals surface area contributed by atoms with Gasteiger partial charge in [0.25, 0.3) is 0 Å².